The average molecular weight is 329 g/mol. The fourth-order valence-electron chi connectivity index (χ4n) is 0. The van der Waals surface area contributed by atoms with E-state index in [2.05, 4.69) is 0 Å². The maximum Gasteiger partial charge on any atom is 0 e. The second-order valence-corrected chi connectivity index (χ2v) is 0. The van der Waals surface area contributed by atoms with Gasteiger partial charge >= 0.3 is 0 Å². The molecule has 0 rings (SSSR count). The largest absolute Gasteiger partial charge is 0.412 e. The fraction of sp³-hybridized carbons (Fsp3) is 0. The molecule has 0 atom stereocenters. The molecule has 0 aromatic heterocycles. The van der Waals surface area contributed by atoms with E-state index in [9.17, 15) is 0 Å². The van der Waals surface area contributed by atoms with Gasteiger partial charge in [-0.05, 0) is 0 Å². The molecule has 0 fully saturated rings. The molecule has 1 radical (unpaired) electrons. The molecule has 9 heteroatoms. The molecule has 0 heterocycles. The molecule has 0 aromatic carbocycles. The molecule has 0 aliphatic carbocycles. The summed E-state index contributed by atoms with van der Waals surface area (Å²) in [5, 5.41) is 0. The van der Waals surface area contributed by atoms with Crippen molar-refractivity contribution in [1.82, 2.24) is 0 Å². The molecule has 0 saturated heterocycles. The van der Waals surface area contributed by atoms with Crippen molar-refractivity contribution in [3.8, 4) is 0 Å². The first-order valence-corrected chi connectivity index (χ1v) is 0. The molecule has 6 nitrogen and oxygen atoms in total. The van der Waals surface area contributed by atoms with Gasteiger partial charge in [-0.2, -0.15) is 0 Å². The van der Waals surface area contributed by atoms with Crippen molar-refractivity contribution in [1.29, 1.82) is 0 Å². The molecule has 9 heavy (non-hydrogen) atoms. The standard InChI is InChI=1S/2BrH.Co.6H2O/h2*1H;;6*1H2. The van der Waals surface area contributed by atoms with Crippen molar-refractivity contribution < 1.29 is 49.6 Å². The molecule has 0 saturated carbocycles. The van der Waals surface area contributed by atoms with Gasteiger partial charge < -0.3 is 32.9 Å². The van der Waals surface area contributed by atoms with Crippen LogP contribution in [0.25, 0.3) is 0 Å². The Morgan fingerprint density at radius 3 is 0.333 bits per heavy atom. The minimum absolute atomic E-state index is 0. The second-order valence-electron chi connectivity index (χ2n) is 0. The molecule has 0 spiro atoms. The van der Waals surface area contributed by atoms with Gasteiger partial charge in [-0.3, -0.25) is 0 Å². The third-order valence-corrected chi connectivity index (χ3v) is 0. The summed E-state index contributed by atoms with van der Waals surface area (Å²) in [6.07, 6.45) is 0. The first-order valence-electron chi connectivity index (χ1n) is 0. The van der Waals surface area contributed by atoms with Gasteiger partial charge in [0.15, 0.2) is 0 Å². The Kier molecular flexibility index (Phi) is 26700. The summed E-state index contributed by atoms with van der Waals surface area (Å²) in [6.45, 7) is 0. The van der Waals surface area contributed by atoms with E-state index in [1.807, 2.05) is 0 Å². The van der Waals surface area contributed by atoms with E-state index in [-0.39, 0.29) is 83.6 Å². The number of halogens is 2. The normalized spacial score (nSPS) is 0. The number of rotatable bonds is 0. The zero-order valence-corrected chi connectivity index (χ0v) is 8.62. The van der Waals surface area contributed by atoms with Crippen LogP contribution >= 0.6 is 34.0 Å². The summed E-state index contributed by atoms with van der Waals surface area (Å²) < 4.78 is 0. The molecule has 0 aliphatic heterocycles. The first-order chi connectivity index (χ1) is 0. The minimum atomic E-state index is 0. The SMILES string of the molecule is Br.Br.O.O.O.O.O.O.[Co]. The Morgan fingerprint density at radius 1 is 0.333 bits per heavy atom. The summed E-state index contributed by atoms with van der Waals surface area (Å²) in [6, 6.07) is 0. The van der Waals surface area contributed by atoms with Gasteiger partial charge in [-0.25, -0.2) is 0 Å². The van der Waals surface area contributed by atoms with Crippen LogP contribution in [-0.2, 0) is 16.8 Å². The van der Waals surface area contributed by atoms with E-state index < -0.39 is 0 Å². The first kappa shape index (κ1) is 579. The van der Waals surface area contributed by atoms with E-state index in [0.717, 1.165) is 0 Å². The number of hydrogen-bond donors (Lipinski definition) is 0. The third kappa shape index (κ3) is 320. The van der Waals surface area contributed by atoms with Gasteiger partial charge in [-0.1, -0.05) is 0 Å². The second kappa shape index (κ2) is 415. The molecular weight excluding hydrogens is 315 g/mol. The third-order valence-electron chi connectivity index (χ3n) is 0. The van der Waals surface area contributed by atoms with Gasteiger partial charge in [0.05, 0.1) is 0 Å². The van der Waals surface area contributed by atoms with E-state index in [1.54, 1.807) is 0 Å². The van der Waals surface area contributed by atoms with Crippen LogP contribution in [0.15, 0.2) is 0 Å². The molecule has 12 N–H and O–H groups in total. The molecule has 0 bridgehead atoms. The number of hydrogen-bond acceptors (Lipinski definition) is 0. The summed E-state index contributed by atoms with van der Waals surface area (Å²) in [5.74, 6) is 0. The van der Waals surface area contributed by atoms with E-state index in [1.165, 1.54) is 0 Å². The van der Waals surface area contributed by atoms with Crippen LogP contribution in [0.1, 0.15) is 0 Å². The molecular formula is H14Br2CoO6. The Hall–Kier alpha value is 1.23. The molecule has 0 amide bonds. The minimum Gasteiger partial charge on any atom is -0.412 e. The Balaban J connectivity index is 0. The van der Waals surface area contributed by atoms with Crippen molar-refractivity contribution in [2.24, 2.45) is 0 Å². The molecule has 0 aliphatic rings. The van der Waals surface area contributed by atoms with Crippen LogP contribution in [0.3, 0.4) is 0 Å². The van der Waals surface area contributed by atoms with Crippen molar-refractivity contribution in [2.75, 3.05) is 0 Å². The van der Waals surface area contributed by atoms with Gasteiger partial charge in [0, 0.05) is 16.8 Å². The van der Waals surface area contributed by atoms with Crippen molar-refractivity contribution in [3.63, 3.8) is 0 Å². The van der Waals surface area contributed by atoms with Crippen LogP contribution in [0.2, 0.25) is 0 Å². The van der Waals surface area contributed by atoms with Crippen molar-refractivity contribution in [2.45, 2.75) is 0 Å². The van der Waals surface area contributed by atoms with E-state index >= 15 is 0 Å². The predicted molar refractivity (Wildman–Crippen MR) is 42.3 cm³/mol. The predicted octanol–water partition coefficient (Wildman–Crippen LogP) is -3.79. The molecule has 0 unspecified atom stereocenters. The summed E-state index contributed by atoms with van der Waals surface area (Å²) in [5.41, 5.74) is 0. The Labute approximate surface area is 83.6 Å². The molecule has 73 valence electrons. The topological polar surface area (TPSA) is 189 Å². The summed E-state index contributed by atoms with van der Waals surface area (Å²) >= 11 is 0. The van der Waals surface area contributed by atoms with Crippen molar-refractivity contribution >= 4 is 34.0 Å². The maximum atomic E-state index is 0. The van der Waals surface area contributed by atoms with E-state index in [4.69, 9.17) is 0 Å². The quantitative estimate of drug-likeness (QED) is 0.422. The summed E-state index contributed by atoms with van der Waals surface area (Å²) in [7, 11) is 0. The van der Waals surface area contributed by atoms with Crippen LogP contribution in [0.4, 0.5) is 0 Å². The monoisotopic (exact) mass is 327 g/mol. The Morgan fingerprint density at radius 2 is 0.333 bits per heavy atom. The smallest absolute Gasteiger partial charge is 0 e. The zero-order valence-electron chi connectivity index (χ0n) is 4.15. The van der Waals surface area contributed by atoms with Crippen molar-refractivity contribution in [3.05, 3.63) is 0 Å². The zero-order chi connectivity index (χ0) is 0. The molecule has 0 aromatic rings. The van der Waals surface area contributed by atoms with Gasteiger partial charge in [0.1, 0.15) is 0 Å². The van der Waals surface area contributed by atoms with Gasteiger partial charge in [-0.15, -0.1) is 34.0 Å². The average Bonchev–Trinajstić information content (AvgIpc) is 0. The summed E-state index contributed by atoms with van der Waals surface area (Å²) in [4.78, 5) is 0. The maximum absolute atomic E-state index is 0. The Bertz CT molecular complexity index is 11.0. The van der Waals surface area contributed by atoms with Crippen LogP contribution in [-0.4, -0.2) is 32.9 Å². The van der Waals surface area contributed by atoms with E-state index in [0.29, 0.717) is 0 Å². The van der Waals surface area contributed by atoms with Crippen LogP contribution in [0.5, 0.6) is 0 Å². The fourth-order valence-corrected chi connectivity index (χ4v) is 0. The van der Waals surface area contributed by atoms with Crippen LogP contribution < -0.4 is 0 Å². The van der Waals surface area contributed by atoms with Crippen LogP contribution in [0, 0.1) is 0 Å². The van der Waals surface area contributed by atoms with Gasteiger partial charge in [0.2, 0.25) is 0 Å². The van der Waals surface area contributed by atoms with Gasteiger partial charge in [0.25, 0.3) is 0 Å².